The van der Waals surface area contributed by atoms with Crippen molar-refractivity contribution >= 4 is 16.4 Å². The molecule has 0 amide bonds. The number of carbonyl (C=O) groups is 1. The van der Waals surface area contributed by atoms with Crippen LogP contribution in [0.1, 0.15) is 10.4 Å². The van der Waals surface area contributed by atoms with Gasteiger partial charge >= 0.3 is 15.6 Å². The van der Waals surface area contributed by atoms with Gasteiger partial charge in [-0.2, -0.15) is 21.6 Å². The first-order chi connectivity index (χ1) is 7.69. The van der Waals surface area contributed by atoms with E-state index < -0.39 is 32.8 Å². The van der Waals surface area contributed by atoms with Gasteiger partial charge in [0, 0.05) is 0 Å². The van der Waals surface area contributed by atoms with Crippen LogP contribution in [0.5, 0.6) is 5.75 Å². The molecule has 0 aliphatic heterocycles. The molecule has 0 spiro atoms. The van der Waals surface area contributed by atoms with E-state index in [-0.39, 0.29) is 6.29 Å². The molecule has 0 saturated carbocycles. The molecule has 0 heterocycles. The third-order valence-electron chi connectivity index (χ3n) is 1.60. The summed E-state index contributed by atoms with van der Waals surface area (Å²) in [6.07, 6.45) is -0.0235. The second-order valence-electron chi connectivity index (χ2n) is 2.76. The molecule has 1 aromatic rings. The van der Waals surface area contributed by atoms with Crippen molar-refractivity contribution in [1.82, 2.24) is 0 Å². The lowest BCUT2D eigenvalue weighted by Crippen LogP contribution is -2.28. The van der Waals surface area contributed by atoms with E-state index in [2.05, 4.69) is 4.18 Å². The Morgan fingerprint density at radius 3 is 2.29 bits per heavy atom. The van der Waals surface area contributed by atoms with Crippen molar-refractivity contribution in [3.8, 4) is 5.75 Å². The molecule has 0 fully saturated rings. The number of rotatable bonds is 3. The van der Waals surface area contributed by atoms with Gasteiger partial charge in [-0.15, -0.1) is 0 Å². The van der Waals surface area contributed by atoms with Gasteiger partial charge in [-0.3, -0.25) is 4.79 Å². The second kappa shape index (κ2) is 4.32. The molecule has 0 radical (unpaired) electrons. The summed E-state index contributed by atoms with van der Waals surface area (Å²) in [4.78, 5) is 10.4. The van der Waals surface area contributed by atoms with Crippen molar-refractivity contribution in [3.63, 3.8) is 0 Å². The highest BCUT2D eigenvalue weighted by molar-refractivity contribution is 7.88. The highest BCUT2D eigenvalue weighted by Gasteiger charge is 2.49. The number of hydrogen-bond donors (Lipinski definition) is 0. The molecule has 94 valence electrons. The number of para-hydroxylation sites is 1. The Hall–Kier alpha value is -1.64. The predicted molar refractivity (Wildman–Crippen MR) is 47.4 cm³/mol. The third-order valence-corrected chi connectivity index (χ3v) is 2.55. The van der Waals surface area contributed by atoms with E-state index in [9.17, 15) is 30.8 Å². The molecule has 1 rings (SSSR count). The summed E-state index contributed by atoms with van der Waals surface area (Å²) in [5.74, 6) is -2.66. The number of halogens is 4. The highest BCUT2D eigenvalue weighted by atomic mass is 32.2. The van der Waals surface area contributed by atoms with Gasteiger partial charge in [-0.05, 0) is 12.1 Å². The largest absolute Gasteiger partial charge is 0.534 e. The van der Waals surface area contributed by atoms with Crippen LogP contribution in [-0.4, -0.2) is 20.2 Å². The van der Waals surface area contributed by atoms with Crippen LogP contribution in [0.4, 0.5) is 17.6 Å². The van der Waals surface area contributed by atoms with E-state index in [1.807, 2.05) is 0 Å². The summed E-state index contributed by atoms with van der Waals surface area (Å²) in [7, 11) is -6.00. The zero-order chi connectivity index (χ0) is 13.3. The lowest BCUT2D eigenvalue weighted by molar-refractivity contribution is -0.0501. The van der Waals surface area contributed by atoms with Gasteiger partial charge in [0.05, 0.1) is 5.56 Å². The van der Waals surface area contributed by atoms with Crippen molar-refractivity contribution in [2.45, 2.75) is 5.51 Å². The summed E-state index contributed by atoms with van der Waals surface area (Å²) >= 11 is 0. The standard InChI is InChI=1S/C8H4F4O4S/c9-6-3-1-2-5(4-13)7(6)16-17(14,15)8(10,11)12/h1-4H. The molecule has 0 aliphatic carbocycles. The molecular weight excluding hydrogens is 268 g/mol. The quantitative estimate of drug-likeness (QED) is 0.365. The van der Waals surface area contributed by atoms with E-state index >= 15 is 0 Å². The number of hydrogen-bond acceptors (Lipinski definition) is 4. The number of aldehydes is 1. The first-order valence-corrected chi connectivity index (χ1v) is 5.34. The number of benzene rings is 1. The van der Waals surface area contributed by atoms with E-state index in [1.165, 1.54) is 0 Å². The van der Waals surface area contributed by atoms with Crippen LogP contribution >= 0.6 is 0 Å². The normalized spacial score (nSPS) is 12.2. The second-order valence-corrected chi connectivity index (χ2v) is 4.30. The average molecular weight is 272 g/mol. The Labute approximate surface area is 92.9 Å². The minimum Gasteiger partial charge on any atom is -0.372 e. The van der Waals surface area contributed by atoms with Crippen LogP contribution < -0.4 is 4.18 Å². The van der Waals surface area contributed by atoms with Crippen LogP contribution in [0.2, 0.25) is 0 Å². The van der Waals surface area contributed by atoms with Gasteiger partial charge in [0.25, 0.3) is 0 Å². The van der Waals surface area contributed by atoms with Gasteiger partial charge in [0.15, 0.2) is 17.9 Å². The summed E-state index contributed by atoms with van der Waals surface area (Å²) in [6.45, 7) is 0. The monoisotopic (exact) mass is 272 g/mol. The van der Waals surface area contributed by atoms with Crippen molar-refractivity contribution < 1.29 is 35.0 Å². The molecule has 0 bridgehead atoms. The summed E-state index contributed by atoms with van der Waals surface area (Å²) in [5, 5.41) is 0. The van der Waals surface area contributed by atoms with Crippen LogP contribution in [-0.2, 0) is 10.1 Å². The lowest BCUT2D eigenvalue weighted by atomic mass is 10.2. The zero-order valence-corrected chi connectivity index (χ0v) is 8.68. The first kappa shape index (κ1) is 13.4. The van der Waals surface area contributed by atoms with Gasteiger partial charge in [0.1, 0.15) is 0 Å². The van der Waals surface area contributed by atoms with Crippen LogP contribution in [0.3, 0.4) is 0 Å². The predicted octanol–water partition coefficient (Wildman–Crippen LogP) is 1.87. The van der Waals surface area contributed by atoms with Gasteiger partial charge in [0.2, 0.25) is 0 Å². The smallest absolute Gasteiger partial charge is 0.372 e. The maximum absolute atomic E-state index is 13.0. The number of carbonyl (C=O) groups excluding carboxylic acids is 1. The molecule has 0 aliphatic rings. The molecule has 0 saturated heterocycles. The minimum atomic E-state index is -6.00. The van der Waals surface area contributed by atoms with E-state index in [0.29, 0.717) is 6.07 Å². The summed E-state index contributed by atoms with van der Waals surface area (Å²) < 4.78 is 73.7. The minimum absolute atomic E-state index is 0.0235. The molecule has 0 N–H and O–H groups in total. The Bertz CT molecular complexity index is 535. The van der Waals surface area contributed by atoms with Crippen LogP contribution in [0, 0.1) is 5.82 Å². The maximum Gasteiger partial charge on any atom is 0.534 e. The maximum atomic E-state index is 13.0. The van der Waals surface area contributed by atoms with Crippen molar-refractivity contribution in [2.75, 3.05) is 0 Å². The zero-order valence-electron chi connectivity index (χ0n) is 7.86. The van der Waals surface area contributed by atoms with Crippen LogP contribution in [0.25, 0.3) is 0 Å². The van der Waals surface area contributed by atoms with Gasteiger partial charge in [-0.1, -0.05) is 6.07 Å². The summed E-state index contributed by atoms with van der Waals surface area (Å²) in [5.41, 5.74) is -6.34. The van der Waals surface area contributed by atoms with E-state index in [4.69, 9.17) is 0 Å². The van der Waals surface area contributed by atoms with Crippen molar-refractivity contribution in [3.05, 3.63) is 29.6 Å². The Kier molecular flexibility index (Phi) is 3.41. The molecule has 0 aromatic heterocycles. The fourth-order valence-corrected chi connectivity index (χ4v) is 1.35. The molecule has 1 aromatic carbocycles. The molecule has 9 heteroatoms. The molecule has 0 unspecified atom stereocenters. The van der Waals surface area contributed by atoms with E-state index in [1.54, 1.807) is 0 Å². The molecule has 17 heavy (non-hydrogen) atoms. The lowest BCUT2D eigenvalue weighted by Gasteiger charge is -2.11. The topological polar surface area (TPSA) is 60.4 Å². The van der Waals surface area contributed by atoms with Gasteiger partial charge in [-0.25, -0.2) is 4.39 Å². The fourth-order valence-electron chi connectivity index (χ4n) is 0.863. The molecule has 4 nitrogen and oxygen atoms in total. The third kappa shape index (κ3) is 2.73. The van der Waals surface area contributed by atoms with Crippen molar-refractivity contribution in [1.29, 1.82) is 0 Å². The number of alkyl halides is 3. The molecule has 0 atom stereocenters. The Balaban J connectivity index is 3.26. The first-order valence-electron chi connectivity index (χ1n) is 3.93. The fraction of sp³-hybridized carbons (Fsp3) is 0.125. The highest BCUT2D eigenvalue weighted by Crippen LogP contribution is 2.30. The van der Waals surface area contributed by atoms with E-state index in [0.717, 1.165) is 12.1 Å². The van der Waals surface area contributed by atoms with Crippen LogP contribution in [0.15, 0.2) is 18.2 Å². The van der Waals surface area contributed by atoms with Gasteiger partial charge < -0.3 is 4.18 Å². The van der Waals surface area contributed by atoms with Crippen molar-refractivity contribution in [2.24, 2.45) is 0 Å². The molecular formula is C8H4F4O4S. The Morgan fingerprint density at radius 1 is 1.24 bits per heavy atom. The Morgan fingerprint density at radius 2 is 1.82 bits per heavy atom. The SMILES string of the molecule is O=Cc1cccc(F)c1OS(=O)(=O)C(F)(F)F. The average Bonchev–Trinajstić information content (AvgIpc) is 2.19. The summed E-state index contributed by atoms with van der Waals surface area (Å²) in [6, 6.07) is 2.59.